The van der Waals surface area contributed by atoms with Gasteiger partial charge in [-0.1, -0.05) is 12.1 Å². The van der Waals surface area contributed by atoms with Gasteiger partial charge < -0.3 is 5.11 Å². The Kier molecular flexibility index (Phi) is 3.48. The Morgan fingerprint density at radius 2 is 2.17 bits per heavy atom. The van der Waals surface area contributed by atoms with Crippen molar-refractivity contribution in [2.24, 2.45) is 0 Å². The third-order valence-corrected chi connectivity index (χ3v) is 2.38. The summed E-state index contributed by atoms with van der Waals surface area (Å²) in [7, 11) is 0. The van der Waals surface area contributed by atoms with Gasteiger partial charge in [-0.25, -0.2) is 9.18 Å². The van der Waals surface area contributed by atoms with Crippen molar-refractivity contribution in [3.8, 4) is 11.1 Å². The van der Waals surface area contributed by atoms with Gasteiger partial charge in [-0.15, -0.1) is 0 Å². The van der Waals surface area contributed by atoms with Gasteiger partial charge in [0.25, 0.3) is 0 Å². The van der Waals surface area contributed by atoms with E-state index >= 15 is 0 Å². The fraction of sp³-hybridized carbons (Fsp3) is 0. The summed E-state index contributed by atoms with van der Waals surface area (Å²) in [6.07, 6.45) is 5.60. The fourth-order valence-corrected chi connectivity index (χ4v) is 1.56. The van der Waals surface area contributed by atoms with Gasteiger partial charge in [-0.2, -0.15) is 0 Å². The summed E-state index contributed by atoms with van der Waals surface area (Å²) in [4.78, 5) is 14.4. The zero-order chi connectivity index (χ0) is 13.0. The van der Waals surface area contributed by atoms with E-state index in [1.165, 1.54) is 18.2 Å². The van der Waals surface area contributed by atoms with Crippen molar-refractivity contribution in [3.05, 3.63) is 60.2 Å². The summed E-state index contributed by atoms with van der Waals surface area (Å²) in [6.45, 7) is 0. The molecule has 0 unspecified atom stereocenters. The first-order valence-corrected chi connectivity index (χ1v) is 5.28. The number of nitrogens with zero attached hydrogens (tertiary/aromatic N) is 1. The van der Waals surface area contributed by atoms with E-state index in [4.69, 9.17) is 5.11 Å². The van der Waals surface area contributed by atoms with E-state index in [0.717, 1.165) is 6.08 Å². The van der Waals surface area contributed by atoms with Gasteiger partial charge in [0, 0.05) is 29.6 Å². The number of aromatic nitrogens is 1. The largest absolute Gasteiger partial charge is 0.478 e. The Bertz CT molecular complexity index is 594. The van der Waals surface area contributed by atoms with Crippen LogP contribution >= 0.6 is 0 Å². The van der Waals surface area contributed by atoms with E-state index in [2.05, 4.69) is 4.98 Å². The van der Waals surface area contributed by atoms with E-state index in [0.29, 0.717) is 16.7 Å². The van der Waals surface area contributed by atoms with Gasteiger partial charge in [-0.05, 0) is 29.8 Å². The molecule has 0 fully saturated rings. The number of hydrogen-bond acceptors (Lipinski definition) is 2. The second-order valence-electron chi connectivity index (χ2n) is 3.65. The lowest BCUT2D eigenvalue weighted by molar-refractivity contribution is -0.131. The summed E-state index contributed by atoms with van der Waals surface area (Å²) in [5, 5.41) is 8.54. The minimum Gasteiger partial charge on any atom is -0.478 e. The molecule has 1 heterocycles. The average molecular weight is 243 g/mol. The minimum atomic E-state index is -1.04. The minimum absolute atomic E-state index is 0.365. The van der Waals surface area contributed by atoms with Crippen LogP contribution in [-0.2, 0) is 4.79 Å². The topological polar surface area (TPSA) is 50.2 Å². The molecule has 2 rings (SSSR count). The highest BCUT2D eigenvalue weighted by Crippen LogP contribution is 2.23. The van der Waals surface area contributed by atoms with E-state index in [9.17, 15) is 9.18 Å². The highest BCUT2D eigenvalue weighted by atomic mass is 19.1. The average Bonchev–Trinajstić information content (AvgIpc) is 2.38. The van der Waals surface area contributed by atoms with Gasteiger partial charge in [0.2, 0.25) is 0 Å². The van der Waals surface area contributed by atoms with Crippen molar-refractivity contribution < 1.29 is 14.3 Å². The van der Waals surface area contributed by atoms with Crippen LogP contribution < -0.4 is 0 Å². The normalized spacial score (nSPS) is 10.7. The van der Waals surface area contributed by atoms with Crippen LogP contribution in [0, 0.1) is 5.82 Å². The second-order valence-corrected chi connectivity index (χ2v) is 3.65. The van der Waals surface area contributed by atoms with E-state index in [-0.39, 0.29) is 5.82 Å². The molecule has 0 saturated heterocycles. The van der Waals surface area contributed by atoms with Gasteiger partial charge in [0.1, 0.15) is 5.82 Å². The number of hydrogen-bond donors (Lipinski definition) is 1. The standard InChI is InChI=1S/C14H10FNO2/c15-13-5-3-10(4-6-14(17)18)8-12(13)11-2-1-7-16-9-11/h1-9H,(H,17,18)/b6-4+. The third-order valence-electron chi connectivity index (χ3n) is 2.38. The van der Waals surface area contributed by atoms with Crippen LogP contribution in [0.4, 0.5) is 4.39 Å². The zero-order valence-corrected chi connectivity index (χ0v) is 9.38. The van der Waals surface area contributed by atoms with Crippen LogP contribution in [0.1, 0.15) is 5.56 Å². The Balaban J connectivity index is 2.42. The molecule has 0 aliphatic rings. The number of carboxylic acids is 1. The highest BCUT2D eigenvalue weighted by molar-refractivity contribution is 5.85. The van der Waals surface area contributed by atoms with Crippen molar-refractivity contribution in [1.29, 1.82) is 0 Å². The molecule has 0 amide bonds. The fourth-order valence-electron chi connectivity index (χ4n) is 1.56. The number of benzene rings is 1. The predicted molar refractivity (Wildman–Crippen MR) is 66.3 cm³/mol. The van der Waals surface area contributed by atoms with Gasteiger partial charge in [0.15, 0.2) is 0 Å². The molecule has 0 saturated carbocycles. The Labute approximate surface area is 103 Å². The van der Waals surface area contributed by atoms with Gasteiger partial charge >= 0.3 is 5.97 Å². The van der Waals surface area contributed by atoms with Crippen molar-refractivity contribution in [3.63, 3.8) is 0 Å². The summed E-state index contributed by atoms with van der Waals surface area (Å²) < 4.78 is 13.7. The van der Waals surface area contributed by atoms with Crippen molar-refractivity contribution in [1.82, 2.24) is 4.98 Å². The van der Waals surface area contributed by atoms with Crippen LogP contribution in [-0.4, -0.2) is 16.1 Å². The molecule has 90 valence electrons. The van der Waals surface area contributed by atoms with Gasteiger partial charge in [-0.3, -0.25) is 4.98 Å². The lowest BCUT2D eigenvalue weighted by atomic mass is 10.0. The molecule has 0 aliphatic carbocycles. The second kappa shape index (κ2) is 5.23. The third kappa shape index (κ3) is 2.79. The summed E-state index contributed by atoms with van der Waals surface area (Å²) in [5.74, 6) is -1.40. The molecular weight excluding hydrogens is 233 g/mol. The first kappa shape index (κ1) is 12.0. The molecule has 1 N–H and O–H groups in total. The molecule has 4 heteroatoms. The first-order chi connectivity index (χ1) is 8.66. The molecule has 0 spiro atoms. The number of pyridine rings is 1. The summed E-state index contributed by atoms with van der Waals surface area (Å²) in [5.41, 5.74) is 1.67. The number of halogens is 1. The summed E-state index contributed by atoms with van der Waals surface area (Å²) in [6, 6.07) is 7.88. The molecule has 0 atom stereocenters. The Morgan fingerprint density at radius 1 is 1.33 bits per heavy atom. The van der Waals surface area contributed by atoms with Crippen LogP contribution in [0.2, 0.25) is 0 Å². The lowest BCUT2D eigenvalue weighted by Crippen LogP contribution is -1.88. The van der Waals surface area contributed by atoms with E-state index in [1.54, 1.807) is 30.6 Å². The molecule has 0 radical (unpaired) electrons. The monoisotopic (exact) mass is 243 g/mol. The van der Waals surface area contributed by atoms with Crippen molar-refractivity contribution in [2.75, 3.05) is 0 Å². The Morgan fingerprint density at radius 3 is 2.83 bits per heavy atom. The molecule has 1 aromatic carbocycles. The van der Waals surface area contributed by atoms with E-state index in [1.807, 2.05) is 0 Å². The molecule has 18 heavy (non-hydrogen) atoms. The van der Waals surface area contributed by atoms with E-state index < -0.39 is 5.97 Å². The Hall–Kier alpha value is -2.49. The first-order valence-electron chi connectivity index (χ1n) is 5.28. The maximum Gasteiger partial charge on any atom is 0.328 e. The highest BCUT2D eigenvalue weighted by Gasteiger charge is 2.05. The van der Waals surface area contributed by atoms with Crippen LogP contribution in [0.25, 0.3) is 17.2 Å². The molecule has 0 bridgehead atoms. The number of carbonyl (C=O) groups is 1. The zero-order valence-electron chi connectivity index (χ0n) is 9.38. The van der Waals surface area contributed by atoms with Crippen LogP contribution in [0.5, 0.6) is 0 Å². The summed E-state index contributed by atoms with van der Waals surface area (Å²) >= 11 is 0. The predicted octanol–water partition coefficient (Wildman–Crippen LogP) is 2.99. The number of carboxylic acid groups (broad SMARTS) is 1. The van der Waals surface area contributed by atoms with Crippen LogP contribution in [0.3, 0.4) is 0 Å². The lowest BCUT2D eigenvalue weighted by Gasteiger charge is -2.04. The van der Waals surface area contributed by atoms with Crippen molar-refractivity contribution in [2.45, 2.75) is 0 Å². The molecule has 3 nitrogen and oxygen atoms in total. The molecule has 0 aliphatic heterocycles. The molecular formula is C14H10FNO2. The quantitative estimate of drug-likeness (QED) is 0.843. The molecule has 1 aromatic heterocycles. The maximum absolute atomic E-state index is 13.7. The maximum atomic E-state index is 13.7. The van der Waals surface area contributed by atoms with Crippen molar-refractivity contribution >= 4 is 12.0 Å². The number of rotatable bonds is 3. The molecule has 2 aromatic rings. The van der Waals surface area contributed by atoms with Gasteiger partial charge in [0.05, 0.1) is 0 Å². The SMILES string of the molecule is O=C(O)/C=C/c1ccc(F)c(-c2cccnc2)c1. The van der Waals surface area contributed by atoms with Crippen LogP contribution in [0.15, 0.2) is 48.8 Å². The number of aliphatic carboxylic acids is 1. The smallest absolute Gasteiger partial charge is 0.328 e.